The topological polar surface area (TPSA) is 37.3 Å². The molecular formula is C10H16O2. The van der Waals surface area contributed by atoms with Crippen LogP contribution in [0.4, 0.5) is 0 Å². The molecule has 12 heavy (non-hydrogen) atoms. The first-order valence-corrected chi connectivity index (χ1v) is 4.82. The van der Waals surface area contributed by atoms with Gasteiger partial charge >= 0.3 is 5.97 Å². The van der Waals surface area contributed by atoms with E-state index in [1.807, 2.05) is 0 Å². The van der Waals surface area contributed by atoms with Crippen molar-refractivity contribution >= 4 is 5.97 Å². The lowest BCUT2D eigenvalue weighted by molar-refractivity contribution is -0.145. The highest BCUT2D eigenvalue weighted by molar-refractivity contribution is 5.79. The lowest BCUT2D eigenvalue weighted by Gasteiger charge is -2.12. The molecule has 0 aromatic heterocycles. The summed E-state index contributed by atoms with van der Waals surface area (Å²) < 4.78 is 0. The molecule has 2 heteroatoms. The molecule has 2 nitrogen and oxygen atoms in total. The van der Waals surface area contributed by atoms with Gasteiger partial charge < -0.3 is 5.11 Å². The third kappa shape index (κ3) is 0.900. The van der Waals surface area contributed by atoms with Crippen LogP contribution in [0.5, 0.6) is 0 Å². The van der Waals surface area contributed by atoms with E-state index in [0.29, 0.717) is 17.8 Å². The second-order valence-electron chi connectivity index (χ2n) is 4.67. The molecule has 2 unspecified atom stereocenters. The lowest BCUT2D eigenvalue weighted by atomic mass is 9.92. The Morgan fingerprint density at radius 2 is 2.08 bits per heavy atom. The summed E-state index contributed by atoms with van der Waals surface area (Å²) in [5.41, 5.74) is -0.284. The van der Waals surface area contributed by atoms with Crippen LogP contribution in [-0.4, -0.2) is 11.1 Å². The lowest BCUT2D eigenvalue weighted by Crippen LogP contribution is -2.21. The van der Waals surface area contributed by atoms with Gasteiger partial charge in [0.2, 0.25) is 0 Å². The van der Waals surface area contributed by atoms with E-state index in [0.717, 1.165) is 19.3 Å². The van der Waals surface area contributed by atoms with Crippen LogP contribution in [0.2, 0.25) is 0 Å². The van der Waals surface area contributed by atoms with Crippen LogP contribution in [0.1, 0.15) is 33.1 Å². The first-order chi connectivity index (χ1) is 5.59. The van der Waals surface area contributed by atoms with Gasteiger partial charge in [0, 0.05) is 0 Å². The maximum atomic E-state index is 11.1. The van der Waals surface area contributed by atoms with Gasteiger partial charge in [0.1, 0.15) is 0 Å². The van der Waals surface area contributed by atoms with Crippen LogP contribution in [0.25, 0.3) is 0 Å². The molecule has 1 N–H and O–H groups in total. The molecule has 0 saturated heterocycles. The van der Waals surface area contributed by atoms with E-state index in [2.05, 4.69) is 13.8 Å². The molecule has 0 aromatic rings. The molecule has 0 aromatic carbocycles. The van der Waals surface area contributed by atoms with Crippen molar-refractivity contribution in [3.63, 3.8) is 0 Å². The molecule has 2 aliphatic carbocycles. The monoisotopic (exact) mass is 168 g/mol. The highest BCUT2D eigenvalue weighted by Crippen LogP contribution is 2.67. The zero-order valence-electron chi connectivity index (χ0n) is 7.71. The molecule has 0 amide bonds. The van der Waals surface area contributed by atoms with Crippen LogP contribution in [0.15, 0.2) is 0 Å². The predicted molar refractivity (Wildman–Crippen MR) is 45.7 cm³/mol. The van der Waals surface area contributed by atoms with Crippen LogP contribution >= 0.6 is 0 Å². The summed E-state index contributed by atoms with van der Waals surface area (Å²) in [6, 6.07) is 0. The highest BCUT2D eigenvalue weighted by atomic mass is 16.4. The van der Waals surface area contributed by atoms with Gasteiger partial charge in [-0.25, -0.2) is 0 Å². The Balaban J connectivity index is 2.12. The smallest absolute Gasteiger partial charge is 0.310 e. The quantitative estimate of drug-likeness (QED) is 0.701. The van der Waals surface area contributed by atoms with E-state index in [1.165, 1.54) is 0 Å². The Morgan fingerprint density at radius 1 is 1.50 bits per heavy atom. The maximum absolute atomic E-state index is 11.1. The second kappa shape index (κ2) is 2.24. The standard InChI is InChI=1S/C10H16O2/c1-6(2)8-5-10(8,9(11)12)7-3-4-7/h6-8H,3-5H2,1-2H3,(H,11,12). The van der Waals surface area contributed by atoms with Crippen LogP contribution < -0.4 is 0 Å². The number of hydrogen-bond acceptors (Lipinski definition) is 1. The minimum atomic E-state index is -0.538. The van der Waals surface area contributed by atoms with Crippen LogP contribution in [-0.2, 0) is 4.79 Å². The van der Waals surface area contributed by atoms with E-state index >= 15 is 0 Å². The molecular weight excluding hydrogens is 152 g/mol. The van der Waals surface area contributed by atoms with Crippen LogP contribution in [0.3, 0.4) is 0 Å². The largest absolute Gasteiger partial charge is 0.481 e. The first-order valence-electron chi connectivity index (χ1n) is 4.82. The normalized spacial score (nSPS) is 40.1. The average Bonchev–Trinajstić information content (AvgIpc) is 2.82. The molecule has 2 aliphatic rings. The van der Waals surface area contributed by atoms with Crippen molar-refractivity contribution in [2.45, 2.75) is 33.1 Å². The molecule has 2 atom stereocenters. The van der Waals surface area contributed by atoms with Gasteiger partial charge in [-0.3, -0.25) is 4.79 Å². The van der Waals surface area contributed by atoms with E-state index in [9.17, 15) is 4.79 Å². The average molecular weight is 168 g/mol. The third-order valence-electron chi connectivity index (χ3n) is 3.57. The van der Waals surface area contributed by atoms with Crippen molar-refractivity contribution in [1.82, 2.24) is 0 Å². The number of carbonyl (C=O) groups is 1. The Labute approximate surface area is 73.0 Å². The van der Waals surface area contributed by atoms with Crippen LogP contribution in [0, 0.1) is 23.2 Å². The van der Waals surface area contributed by atoms with Gasteiger partial charge in [-0.2, -0.15) is 0 Å². The van der Waals surface area contributed by atoms with Gasteiger partial charge in [0.05, 0.1) is 5.41 Å². The molecule has 2 fully saturated rings. The second-order valence-corrected chi connectivity index (χ2v) is 4.67. The summed E-state index contributed by atoms with van der Waals surface area (Å²) in [7, 11) is 0. The fraction of sp³-hybridized carbons (Fsp3) is 0.900. The van der Waals surface area contributed by atoms with Crippen molar-refractivity contribution in [3.8, 4) is 0 Å². The van der Waals surface area contributed by atoms with Gasteiger partial charge in [0.15, 0.2) is 0 Å². The number of aliphatic carboxylic acids is 1. The predicted octanol–water partition coefficient (Wildman–Crippen LogP) is 2.14. The molecule has 0 heterocycles. The first kappa shape index (κ1) is 8.09. The molecule has 68 valence electrons. The van der Waals surface area contributed by atoms with E-state index in [4.69, 9.17) is 5.11 Å². The zero-order valence-corrected chi connectivity index (χ0v) is 7.71. The van der Waals surface area contributed by atoms with Gasteiger partial charge in [-0.15, -0.1) is 0 Å². The molecule has 0 radical (unpaired) electrons. The number of rotatable bonds is 3. The molecule has 0 bridgehead atoms. The minimum absolute atomic E-state index is 0.284. The Morgan fingerprint density at radius 3 is 2.33 bits per heavy atom. The Hall–Kier alpha value is -0.530. The van der Waals surface area contributed by atoms with Crippen molar-refractivity contribution in [2.24, 2.45) is 23.2 Å². The number of carboxylic acid groups (broad SMARTS) is 1. The SMILES string of the molecule is CC(C)C1CC1(C(=O)O)C1CC1. The zero-order chi connectivity index (χ0) is 8.93. The van der Waals surface area contributed by atoms with Crippen molar-refractivity contribution in [1.29, 1.82) is 0 Å². The number of carboxylic acids is 1. The van der Waals surface area contributed by atoms with E-state index in [-0.39, 0.29) is 5.41 Å². The van der Waals surface area contributed by atoms with Crippen molar-refractivity contribution < 1.29 is 9.90 Å². The Bertz CT molecular complexity index is 218. The van der Waals surface area contributed by atoms with Gasteiger partial charge in [-0.1, -0.05) is 13.8 Å². The molecule has 2 saturated carbocycles. The van der Waals surface area contributed by atoms with Gasteiger partial charge in [-0.05, 0) is 37.0 Å². The van der Waals surface area contributed by atoms with Crippen molar-refractivity contribution in [2.75, 3.05) is 0 Å². The van der Waals surface area contributed by atoms with Crippen molar-refractivity contribution in [3.05, 3.63) is 0 Å². The van der Waals surface area contributed by atoms with E-state index < -0.39 is 5.97 Å². The number of hydrogen-bond donors (Lipinski definition) is 1. The summed E-state index contributed by atoms with van der Waals surface area (Å²) in [4.78, 5) is 11.1. The molecule has 0 aliphatic heterocycles. The molecule has 2 rings (SSSR count). The van der Waals surface area contributed by atoms with Gasteiger partial charge in [0.25, 0.3) is 0 Å². The molecule has 0 spiro atoms. The summed E-state index contributed by atoms with van der Waals surface area (Å²) in [6.07, 6.45) is 3.23. The highest BCUT2D eigenvalue weighted by Gasteiger charge is 2.67. The summed E-state index contributed by atoms with van der Waals surface area (Å²) >= 11 is 0. The fourth-order valence-corrected chi connectivity index (χ4v) is 2.62. The third-order valence-corrected chi connectivity index (χ3v) is 3.57. The minimum Gasteiger partial charge on any atom is -0.481 e. The summed E-state index contributed by atoms with van der Waals surface area (Å²) in [5.74, 6) is 0.982. The maximum Gasteiger partial charge on any atom is 0.310 e. The summed E-state index contributed by atoms with van der Waals surface area (Å²) in [5, 5.41) is 9.13. The Kier molecular flexibility index (Phi) is 1.51. The summed E-state index contributed by atoms with van der Waals surface area (Å²) in [6.45, 7) is 4.27. The van der Waals surface area contributed by atoms with E-state index in [1.54, 1.807) is 0 Å². The fourth-order valence-electron chi connectivity index (χ4n) is 2.62.